The van der Waals surface area contributed by atoms with Crippen LogP contribution in [0.15, 0.2) is 28.8 Å². The van der Waals surface area contributed by atoms with Crippen molar-refractivity contribution < 1.29 is 4.52 Å². The zero-order valence-corrected chi connectivity index (χ0v) is 13.9. The van der Waals surface area contributed by atoms with Crippen LogP contribution in [-0.2, 0) is 6.54 Å². The van der Waals surface area contributed by atoms with Crippen LogP contribution in [0.4, 0.5) is 0 Å². The molecule has 122 valence electrons. The SMILES string of the molecule is CN(C)Cc1ccc(-c2noc(C3CC34CCNCC4)n2)cc1. The van der Waals surface area contributed by atoms with Crippen molar-refractivity contribution in [2.75, 3.05) is 27.2 Å². The molecule has 1 atom stereocenters. The van der Waals surface area contributed by atoms with E-state index in [9.17, 15) is 0 Å². The van der Waals surface area contributed by atoms with Gasteiger partial charge in [-0.15, -0.1) is 0 Å². The Balaban J connectivity index is 1.48. The van der Waals surface area contributed by atoms with E-state index in [0.717, 1.165) is 31.1 Å². The van der Waals surface area contributed by atoms with Gasteiger partial charge in [0.05, 0.1) is 0 Å². The van der Waals surface area contributed by atoms with Crippen molar-refractivity contribution in [2.24, 2.45) is 5.41 Å². The van der Waals surface area contributed by atoms with Crippen molar-refractivity contribution in [3.63, 3.8) is 0 Å². The second-order valence-corrected chi connectivity index (χ2v) is 7.26. The molecule has 5 nitrogen and oxygen atoms in total. The lowest BCUT2D eigenvalue weighted by Crippen LogP contribution is -2.29. The van der Waals surface area contributed by atoms with Gasteiger partial charge in [-0.1, -0.05) is 29.4 Å². The van der Waals surface area contributed by atoms with Gasteiger partial charge in [0, 0.05) is 18.0 Å². The number of benzene rings is 1. The molecular formula is C18H24N4O. The molecule has 1 N–H and O–H groups in total. The highest BCUT2D eigenvalue weighted by molar-refractivity contribution is 5.54. The van der Waals surface area contributed by atoms with E-state index in [4.69, 9.17) is 4.52 Å². The molecule has 2 heterocycles. The third-order valence-electron chi connectivity index (χ3n) is 5.24. The fourth-order valence-corrected chi connectivity index (χ4v) is 3.79. The molecule has 1 unspecified atom stereocenters. The summed E-state index contributed by atoms with van der Waals surface area (Å²) in [5.74, 6) is 2.02. The summed E-state index contributed by atoms with van der Waals surface area (Å²) in [4.78, 5) is 6.83. The lowest BCUT2D eigenvalue weighted by atomic mass is 9.92. The number of aromatic nitrogens is 2. The summed E-state index contributed by atoms with van der Waals surface area (Å²) in [6.07, 6.45) is 3.67. The summed E-state index contributed by atoms with van der Waals surface area (Å²) >= 11 is 0. The van der Waals surface area contributed by atoms with Crippen molar-refractivity contribution >= 4 is 0 Å². The van der Waals surface area contributed by atoms with Crippen molar-refractivity contribution in [2.45, 2.75) is 31.7 Å². The van der Waals surface area contributed by atoms with Crippen LogP contribution in [0.1, 0.15) is 36.6 Å². The van der Waals surface area contributed by atoms with E-state index in [1.165, 1.54) is 24.8 Å². The van der Waals surface area contributed by atoms with Crippen LogP contribution in [-0.4, -0.2) is 42.2 Å². The van der Waals surface area contributed by atoms with E-state index in [1.807, 2.05) is 0 Å². The van der Waals surface area contributed by atoms with Crippen molar-refractivity contribution in [3.8, 4) is 11.4 Å². The fraction of sp³-hybridized carbons (Fsp3) is 0.556. The molecule has 1 spiro atoms. The summed E-state index contributed by atoms with van der Waals surface area (Å²) < 4.78 is 5.58. The largest absolute Gasteiger partial charge is 0.339 e. The van der Waals surface area contributed by atoms with E-state index >= 15 is 0 Å². The first kappa shape index (κ1) is 14.8. The Morgan fingerprint density at radius 1 is 1.22 bits per heavy atom. The molecule has 4 rings (SSSR count). The van der Waals surface area contributed by atoms with Gasteiger partial charge in [-0.3, -0.25) is 0 Å². The number of nitrogens with zero attached hydrogens (tertiary/aromatic N) is 3. The molecule has 0 bridgehead atoms. The molecule has 23 heavy (non-hydrogen) atoms. The molecule has 1 aromatic carbocycles. The lowest BCUT2D eigenvalue weighted by molar-refractivity contribution is 0.311. The average Bonchev–Trinajstić information content (AvgIpc) is 3.02. The Hall–Kier alpha value is -1.72. The summed E-state index contributed by atoms with van der Waals surface area (Å²) in [6.45, 7) is 3.17. The topological polar surface area (TPSA) is 54.2 Å². The van der Waals surface area contributed by atoms with Crippen LogP contribution in [0.3, 0.4) is 0 Å². The quantitative estimate of drug-likeness (QED) is 0.940. The number of rotatable bonds is 4. The maximum atomic E-state index is 5.58. The van der Waals surface area contributed by atoms with E-state index in [2.05, 4.69) is 58.7 Å². The van der Waals surface area contributed by atoms with Crippen LogP contribution >= 0.6 is 0 Å². The number of piperidine rings is 1. The van der Waals surface area contributed by atoms with E-state index in [0.29, 0.717) is 17.2 Å². The van der Waals surface area contributed by atoms with Crippen molar-refractivity contribution in [1.29, 1.82) is 0 Å². The first-order chi connectivity index (χ1) is 11.2. The first-order valence-electron chi connectivity index (χ1n) is 8.45. The van der Waals surface area contributed by atoms with Crippen LogP contribution in [0.5, 0.6) is 0 Å². The maximum Gasteiger partial charge on any atom is 0.230 e. The van der Waals surface area contributed by atoms with Gasteiger partial charge in [0.1, 0.15) is 0 Å². The molecule has 1 aromatic heterocycles. The smallest absolute Gasteiger partial charge is 0.230 e. The minimum atomic E-state index is 0.435. The van der Waals surface area contributed by atoms with Crippen LogP contribution in [0, 0.1) is 5.41 Å². The van der Waals surface area contributed by atoms with Crippen molar-refractivity contribution in [1.82, 2.24) is 20.4 Å². The Morgan fingerprint density at radius 3 is 2.65 bits per heavy atom. The zero-order chi connectivity index (χ0) is 15.9. The van der Waals surface area contributed by atoms with Crippen LogP contribution in [0.25, 0.3) is 11.4 Å². The molecule has 1 saturated heterocycles. The van der Waals surface area contributed by atoms with Gasteiger partial charge in [-0.05, 0) is 57.4 Å². The number of hydrogen-bond donors (Lipinski definition) is 1. The van der Waals surface area contributed by atoms with E-state index < -0.39 is 0 Å². The van der Waals surface area contributed by atoms with E-state index in [1.54, 1.807) is 0 Å². The number of nitrogens with one attached hydrogen (secondary N) is 1. The van der Waals surface area contributed by atoms with Gasteiger partial charge < -0.3 is 14.7 Å². The average molecular weight is 312 g/mol. The Bertz CT molecular complexity index is 671. The Kier molecular flexibility index (Phi) is 3.70. The molecule has 2 aliphatic rings. The molecule has 0 radical (unpaired) electrons. The molecule has 1 aliphatic heterocycles. The molecule has 5 heteroatoms. The summed E-state index contributed by atoms with van der Waals surface area (Å²) in [6, 6.07) is 8.44. The lowest BCUT2D eigenvalue weighted by Gasteiger charge is -2.22. The first-order valence-corrected chi connectivity index (χ1v) is 8.45. The highest BCUT2D eigenvalue weighted by Gasteiger charge is 2.57. The van der Waals surface area contributed by atoms with Crippen molar-refractivity contribution in [3.05, 3.63) is 35.7 Å². The van der Waals surface area contributed by atoms with E-state index in [-0.39, 0.29) is 0 Å². The van der Waals surface area contributed by atoms with Gasteiger partial charge in [-0.25, -0.2) is 0 Å². The van der Waals surface area contributed by atoms with Gasteiger partial charge in [0.2, 0.25) is 11.7 Å². The van der Waals surface area contributed by atoms with Gasteiger partial charge >= 0.3 is 0 Å². The molecule has 1 aliphatic carbocycles. The Labute approximate surface area is 137 Å². The third kappa shape index (κ3) is 2.91. The standard InChI is InChI=1S/C18H24N4O/c1-22(2)12-13-3-5-14(6-4-13)16-20-17(23-21-16)15-11-18(15)7-9-19-10-8-18/h3-6,15,19H,7-12H2,1-2H3. The minimum absolute atomic E-state index is 0.435. The summed E-state index contributed by atoms with van der Waals surface area (Å²) in [7, 11) is 4.15. The Morgan fingerprint density at radius 2 is 1.96 bits per heavy atom. The maximum absolute atomic E-state index is 5.58. The predicted octanol–water partition coefficient (Wildman–Crippen LogP) is 2.66. The second-order valence-electron chi connectivity index (χ2n) is 7.26. The normalized spacial score (nSPS) is 22.7. The van der Waals surface area contributed by atoms with Crippen LogP contribution in [0.2, 0.25) is 0 Å². The fourth-order valence-electron chi connectivity index (χ4n) is 3.79. The monoisotopic (exact) mass is 312 g/mol. The van der Waals surface area contributed by atoms with Crippen LogP contribution < -0.4 is 5.32 Å². The summed E-state index contributed by atoms with van der Waals surface area (Å²) in [5, 5.41) is 7.64. The molecule has 2 aromatic rings. The molecule has 2 fully saturated rings. The second kappa shape index (κ2) is 5.73. The molecular weight excluding hydrogens is 288 g/mol. The predicted molar refractivity (Wildman–Crippen MR) is 89.0 cm³/mol. The highest BCUT2D eigenvalue weighted by Crippen LogP contribution is 2.63. The molecule has 1 saturated carbocycles. The third-order valence-corrected chi connectivity index (χ3v) is 5.24. The zero-order valence-electron chi connectivity index (χ0n) is 13.9. The molecule has 0 amide bonds. The summed E-state index contributed by atoms with van der Waals surface area (Å²) in [5.41, 5.74) is 2.76. The minimum Gasteiger partial charge on any atom is -0.339 e. The van der Waals surface area contributed by atoms with Gasteiger partial charge in [0.25, 0.3) is 0 Å². The highest BCUT2D eigenvalue weighted by atomic mass is 16.5. The number of hydrogen-bond acceptors (Lipinski definition) is 5. The van der Waals surface area contributed by atoms with Gasteiger partial charge in [0.15, 0.2) is 0 Å². The van der Waals surface area contributed by atoms with Gasteiger partial charge in [-0.2, -0.15) is 4.98 Å².